The molecule has 13 aromatic rings. The average molecular weight is 1960 g/mol. The van der Waals surface area contributed by atoms with Crippen LogP contribution in [0.15, 0.2) is 194 Å². The second kappa shape index (κ2) is 37.7. The van der Waals surface area contributed by atoms with Gasteiger partial charge in [-0.1, -0.05) is 267 Å². The van der Waals surface area contributed by atoms with Crippen molar-refractivity contribution in [3.8, 4) is 68.2 Å². The largest absolute Gasteiger partial charge is 0.457 e. The molecule has 8 amide bonds. The maximum Gasteiger partial charge on any atom is 0.363 e. The monoisotopic (exact) mass is 1960 g/mol. The highest BCUT2D eigenvalue weighted by Gasteiger charge is 2.47. The third-order valence-electron chi connectivity index (χ3n) is 28.8. The van der Waals surface area contributed by atoms with E-state index in [0.29, 0.717) is 121 Å². The van der Waals surface area contributed by atoms with E-state index in [1.165, 1.54) is 9.80 Å². The number of hydrogen-bond acceptors (Lipinski definition) is 16. The van der Waals surface area contributed by atoms with E-state index in [9.17, 15) is 28.8 Å². The van der Waals surface area contributed by atoms with Crippen LogP contribution >= 0.6 is 0 Å². The second-order valence-corrected chi connectivity index (χ2v) is 49.3. The molecule has 0 radical (unpaired) electrons. The number of carbonyl (C=O) groups excluding carboxylic acids is 10. The molecule has 2 saturated heterocycles. The van der Waals surface area contributed by atoms with Crippen molar-refractivity contribution in [2.24, 2.45) is 21.7 Å². The molecule has 0 unspecified atom stereocenters. The fourth-order valence-corrected chi connectivity index (χ4v) is 23.5. The van der Waals surface area contributed by atoms with Crippen LogP contribution in [0.5, 0.6) is 46.0 Å². The minimum absolute atomic E-state index is 0.0564. The number of hydroxylamine groups is 4. The minimum atomic E-state index is -0.886. The molecule has 0 aromatic heterocycles. The van der Waals surface area contributed by atoms with E-state index in [0.717, 1.165) is 47.9 Å². The number of nitrogens with zero attached hydrogens (tertiary/aromatic N) is 4. The topological polar surface area (TPSA) is 239 Å². The lowest BCUT2D eigenvalue weighted by Crippen LogP contribution is -2.42. The van der Waals surface area contributed by atoms with Gasteiger partial charge in [-0.25, -0.2) is 19.4 Å². The Labute approximate surface area is 857 Å². The maximum atomic E-state index is 17.6. The zero-order valence-electron chi connectivity index (χ0n) is 89.8. The standard InChI is InChI=1S/C126H136N4O16/c1-69(2)87-57-77(73-29-33-75(34-30-73)117(139)145-129-99(131)53-54-100(129)132)58-88(70(3)4)111(87)127-113(135)91-61-95(141-83-45-37-79(38-46-83)123(21,22)65-119(9,10)11)105-107-97(143-85-49-41-81(42-50-85)125(25,26)67-121(15,16)17)63-93-104-94(116(138)128(115(93)137)112-89(71(5)6)59-78(60-90(112)72(7)8)74-31-35-76(36-32-74)118(140)146-130-101(133)55-56-102(130)134)64-98(144-86-51-43-82(44-52-86)126(27,28)68-122(18,19)20)108(110(104)107)106-96(62-92(114(127)136)103(91)109(105)106)142-84-47-39-80(40-48-84)124(23,24)66-120(12,13)14/h29-52,57-64,69-72H,53-56,65-68H2,1-28H3. The molecule has 0 atom stereocenters. The van der Waals surface area contributed by atoms with Crippen LogP contribution in [0.25, 0.3) is 65.3 Å². The van der Waals surface area contributed by atoms with E-state index < -0.39 is 59.2 Å². The lowest BCUT2D eigenvalue weighted by molar-refractivity contribution is -0.173. The third-order valence-corrected chi connectivity index (χ3v) is 28.8. The summed E-state index contributed by atoms with van der Waals surface area (Å²) in [4.78, 5) is 161. The van der Waals surface area contributed by atoms with Gasteiger partial charge in [-0.05, 0) is 281 Å². The van der Waals surface area contributed by atoms with Crippen LogP contribution in [0.3, 0.4) is 0 Å². The summed E-state index contributed by atoms with van der Waals surface area (Å²) < 4.78 is 31.1. The zero-order valence-corrected chi connectivity index (χ0v) is 89.8. The molecule has 0 spiro atoms. The van der Waals surface area contributed by atoms with Gasteiger partial charge < -0.3 is 28.6 Å². The average Bonchev–Trinajstić information content (AvgIpc) is 0.789. The first-order valence-corrected chi connectivity index (χ1v) is 51.2. The number of imide groups is 4. The summed E-state index contributed by atoms with van der Waals surface area (Å²) in [7, 11) is 0. The van der Waals surface area contributed by atoms with Gasteiger partial charge in [0.15, 0.2) is 0 Å². The number of benzene rings is 13. The molecule has 2 fully saturated rings. The summed E-state index contributed by atoms with van der Waals surface area (Å²) >= 11 is 0. The summed E-state index contributed by atoms with van der Waals surface area (Å²) in [5.74, 6) is -6.24. The predicted molar refractivity (Wildman–Crippen MR) is 578 cm³/mol. The van der Waals surface area contributed by atoms with Crippen LogP contribution in [0.2, 0.25) is 0 Å². The molecule has 17 rings (SSSR count). The van der Waals surface area contributed by atoms with Crippen LogP contribution in [-0.4, -0.2) is 69.3 Å². The molecular formula is C126H136N4O16. The van der Waals surface area contributed by atoms with Crippen molar-refractivity contribution in [3.63, 3.8) is 0 Å². The Morgan fingerprint density at radius 1 is 0.260 bits per heavy atom. The summed E-state index contributed by atoms with van der Waals surface area (Å²) in [5.41, 5.74) is 9.32. The lowest BCUT2D eigenvalue weighted by atomic mass is 9.72. The number of anilines is 2. The van der Waals surface area contributed by atoms with Gasteiger partial charge in [-0.2, -0.15) is 0 Å². The van der Waals surface area contributed by atoms with Crippen molar-refractivity contribution in [1.29, 1.82) is 0 Å². The van der Waals surface area contributed by atoms with Gasteiger partial charge in [-0.3, -0.25) is 38.4 Å². The van der Waals surface area contributed by atoms with Crippen LogP contribution in [0, 0.1) is 21.7 Å². The molecule has 13 aromatic carbocycles. The highest BCUT2D eigenvalue weighted by Crippen LogP contribution is 2.61. The Kier molecular flexibility index (Phi) is 26.7. The van der Waals surface area contributed by atoms with Gasteiger partial charge in [-0.15, -0.1) is 10.1 Å². The first-order valence-electron chi connectivity index (χ1n) is 51.2. The van der Waals surface area contributed by atoms with Crippen molar-refractivity contribution >= 4 is 114 Å². The number of amides is 8. The molecule has 20 heteroatoms. The number of hydrogen-bond donors (Lipinski definition) is 0. The van der Waals surface area contributed by atoms with Crippen molar-refractivity contribution < 1.29 is 76.6 Å². The van der Waals surface area contributed by atoms with Crippen LogP contribution in [-0.2, 0) is 50.5 Å². The lowest BCUT2D eigenvalue weighted by Gasteiger charge is -2.35. The Hall–Kier alpha value is -14.1. The maximum absolute atomic E-state index is 17.6. The molecule has 4 heterocycles. The molecule has 0 N–H and O–H groups in total. The second-order valence-electron chi connectivity index (χ2n) is 49.3. The fourth-order valence-electron chi connectivity index (χ4n) is 23.5. The Balaban J connectivity index is 0.986. The molecule has 4 aliphatic heterocycles. The molecule has 0 aliphatic carbocycles. The van der Waals surface area contributed by atoms with Gasteiger partial charge in [0.2, 0.25) is 0 Å². The van der Waals surface area contributed by atoms with Crippen LogP contribution in [0.1, 0.15) is 376 Å². The zero-order chi connectivity index (χ0) is 106. The third kappa shape index (κ3) is 20.1. The van der Waals surface area contributed by atoms with Crippen molar-refractivity contribution in [2.75, 3.05) is 9.80 Å². The van der Waals surface area contributed by atoms with E-state index in [2.05, 4.69) is 187 Å². The molecule has 20 nitrogen and oxygen atoms in total. The van der Waals surface area contributed by atoms with Crippen LogP contribution < -0.4 is 28.7 Å². The minimum Gasteiger partial charge on any atom is -0.457 e. The number of carbonyl (C=O) groups is 10. The molecule has 0 bridgehead atoms. The van der Waals surface area contributed by atoms with Gasteiger partial charge in [0.1, 0.15) is 46.0 Å². The molecule has 0 saturated carbocycles. The van der Waals surface area contributed by atoms with E-state index in [1.807, 2.05) is 128 Å². The van der Waals surface area contributed by atoms with Crippen molar-refractivity contribution in [1.82, 2.24) is 10.1 Å². The SMILES string of the molecule is CC(C)c1cc(-c2ccc(C(=O)ON3C(=O)CCC3=O)cc2)cc(C(C)C)c1N1C(=O)c2cc(Oc3ccc(C(C)(C)CC(C)(C)C)cc3)c3c4c(Oc5ccc(C(C)(C)CC(C)(C)C)cc5)cc5c6c(cc(Oc7ccc(C(C)(C)CC(C)(C)C)cc7)c(c7c(Oc8ccc(C(C)(C)CC(C)(C)C)cc8)cc(c2c37)C1=O)c64)C(=O)N(c1c(C(C)C)cc(-c2ccc(C(=O)ON3C(=O)CCC3=O)cc2)cc1C(C)C)C5=O. The first-order chi connectivity index (χ1) is 68.2. The van der Waals surface area contributed by atoms with E-state index in [1.54, 1.807) is 72.8 Å². The number of rotatable bonds is 28. The highest BCUT2D eigenvalue weighted by atomic mass is 16.7. The normalized spacial score (nSPS) is 14.8. The summed E-state index contributed by atoms with van der Waals surface area (Å²) in [6.45, 7) is 60.7. The van der Waals surface area contributed by atoms with Gasteiger partial charge in [0.05, 0.1) is 44.8 Å². The van der Waals surface area contributed by atoms with E-state index in [4.69, 9.17) is 28.6 Å². The Morgan fingerprint density at radius 2 is 0.466 bits per heavy atom. The Morgan fingerprint density at radius 3 is 0.658 bits per heavy atom. The fraction of sp³-hybridized carbons (Fsp3) is 0.381. The molecule has 146 heavy (non-hydrogen) atoms. The first kappa shape index (κ1) is 103. The van der Waals surface area contributed by atoms with Gasteiger partial charge in [0, 0.05) is 68.8 Å². The van der Waals surface area contributed by atoms with Gasteiger partial charge >= 0.3 is 11.9 Å². The predicted octanol–water partition coefficient (Wildman–Crippen LogP) is 31.6. The van der Waals surface area contributed by atoms with E-state index >= 15 is 19.2 Å². The summed E-state index contributed by atoms with van der Waals surface area (Å²) in [6.07, 6.45) is 3.09. The van der Waals surface area contributed by atoms with Gasteiger partial charge in [0.25, 0.3) is 47.3 Å². The summed E-state index contributed by atoms with van der Waals surface area (Å²) in [5, 5.41) is 3.51. The molecule has 4 aliphatic rings. The summed E-state index contributed by atoms with van der Waals surface area (Å²) in [6, 6.07) is 60.1. The van der Waals surface area contributed by atoms with Crippen molar-refractivity contribution in [2.45, 2.75) is 291 Å². The van der Waals surface area contributed by atoms with Crippen molar-refractivity contribution in [3.05, 3.63) is 272 Å². The van der Waals surface area contributed by atoms with Crippen LogP contribution in [0.4, 0.5) is 11.4 Å². The van der Waals surface area contributed by atoms with E-state index in [-0.39, 0.29) is 160 Å². The number of fused-ring (bicyclic) bond motifs is 2. The smallest absolute Gasteiger partial charge is 0.363 e. The molecular weight excluding hydrogens is 1830 g/mol. The Bertz CT molecular complexity index is 6700. The number of ether oxygens (including phenoxy) is 4. The molecule has 756 valence electrons. The quantitative estimate of drug-likeness (QED) is 0.0252. The highest BCUT2D eigenvalue weighted by molar-refractivity contribution is 6.48.